The number of esters is 1. The van der Waals surface area contributed by atoms with Gasteiger partial charge in [-0.25, -0.2) is 9.18 Å². The molecule has 0 aromatic heterocycles. The Kier molecular flexibility index (Phi) is 5.75. The minimum absolute atomic E-state index is 0.0277. The molecule has 1 aliphatic heterocycles. The van der Waals surface area contributed by atoms with Gasteiger partial charge in [-0.2, -0.15) is 0 Å². The molecule has 0 aliphatic carbocycles. The smallest absolute Gasteiger partial charge is 0.338 e. The van der Waals surface area contributed by atoms with E-state index in [1.807, 2.05) is 6.07 Å². The van der Waals surface area contributed by atoms with E-state index >= 15 is 0 Å². The number of rotatable bonds is 6. The summed E-state index contributed by atoms with van der Waals surface area (Å²) < 4.78 is 18.6. The van der Waals surface area contributed by atoms with E-state index < -0.39 is 30.0 Å². The first kappa shape index (κ1) is 19.6. The maximum absolute atomic E-state index is 13.4. The van der Waals surface area contributed by atoms with Gasteiger partial charge in [-0.1, -0.05) is 30.3 Å². The third-order valence-corrected chi connectivity index (χ3v) is 4.40. The van der Waals surface area contributed by atoms with Gasteiger partial charge in [0.15, 0.2) is 0 Å². The van der Waals surface area contributed by atoms with Crippen molar-refractivity contribution >= 4 is 17.6 Å². The van der Waals surface area contributed by atoms with Crippen LogP contribution in [0.5, 0.6) is 0 Å². The highest BCUT2D eigenvalue weighted by Crippen LogP contribution is 2.40. The van der Waals surface area contributed by atoms with E-state index in [-0.39, 0.29) is 17.9 Å². The standard InChI is InChI=1S/C21H21FN2O4/c1-3-28-21(27)17-18(23-16-7-5-4-6-8-16)20(26)24(13(2)25)19(17)14-9-11-15(22)12-10-14/h4-13,19,23,25H,3H2,1-2H3. The molecule has 2 unspecified atom stereocenters. The second-order valence-corrected chi connectivity index (χ2v) is 6.30. The molecule has 0 radical (unpaired) electrons. The molecule has 1 amide bonds. The van der Waals surface area contributed by atoms with Crippen molar-refractivity contribution in [2.45, 2.75) is 26.1 Å². The first-order valence-electron chi connectivity index (χ1n) is 8.93. The van der Waals surface area contributed by atoms with Crippen LogP contribution in [0.3, 0.4) is 0 Å². The summed E-state index contributed by atoms with van der Waals surface area (Å²) in [6, 6.07) is 13.4. The maximum atomic E-state index is 13.4. The number of nitrogens with zero attached hydrogens (tertiary/aromatic N) is 1. The Morgan fingerprint density at radius 1 is 1.21 bits per heavy atom. The first-order chi connectivity index (χ1) is 13.4. The zero-order valence-corrected chi connectivity index (χ0v) is 15.6. The van der Waals surface area contributed by atoms with E-state index in [9.17, 15) is 19.1 Å². The fourth-order valence-electron chi connectivity index (χ4n) is 3.20. The lowest BCUT2D eigenvalue weighted by molar-refractivity contribution is -0.140. The van der Waals surface area contributed by atoms with Crippen LogP contribution < -0.4 is 5.32 Å². The Hall–Kier alpha value is -3.19. The van der Waals surface area contributed by atoms with Gasteiger partial charge in [0.1, 0.15) is 17.7 Å². The molecule has 0 fully saturated rings. The minimum Gasteiger partial charge on any atom is -0.463 e. The van der Waals surface area contributed by atoms with E-state index in [1.165, 1.54) is 36.1 Å². The maximum Gasteiger partial charge on any atom is 0.338 e. The van der Waals surface area contributed by atoms with Crippen molar-refractivity contribution in [3.63, 3.8) is 0 Å². The van der Waals surface area contributed by atoms with Crippen molar-refractivity contribution in [3.8, 4) is 0 Å². The highest BCUT2D eigenvalue weighted by molar-refractivity contribution is 6.09. The molecule has 0 saturated heterocycles. The van der Waals surface area contributed by atoms with Crippen molar-refractivity contribution in [2.75, 3.05) is 11.9 Å². The Morgan fingerprint density at radius 2 is 1.86 bits per heavy atom. The van der Waals surface area contributed by atoms with E-state index in [4.69, 9.17) is 4.74 Å². The molecule has 2 N–H and O–H groups in total. The summed E-state index contributed by atoms with van der Waals surface area (Å²) in [5.41, 5.74) is 1.20. The minimum atomic E-state index is -1.18. The second-order valence-electron chi connectivity index (χ2n) is 6.30. The number of benzene rings is 2. The molecule has 6 nitrogen and oxygen atoms in total. The highest BCUT2D eigenvalue weighted by Gasteiger charge is 2.46. The lowest BCUT2D eigenvalue weighted by Crippen LogP contribution is -2.38. The molecular formula is C21H21FN2O4. The molecular weight excluding hydrogens is 363 g/mol. The zero-order valence-electron chi connectivity index (χ0n) is 15.6. The van der Waals surface area contributed by atoms with Crippen molar-refractivity contribution in [1.82, 2.24) is 4.90 Å². The molecule has 1 aliphatic rings. The van der Waals surface area contributed by atoms with Gasteiger partial charge in [0, 0.05) is 5.69 Å². The predicted octanol–water partition coefficient (Wildman–Crippen LogP) is 2.98. The molecule has 146 valence electrons. The molecule has 7 heteroatoms. The van der Waals surface area contributed by atoms with Gasteiger partial charge in [0.2, 0.25) is 0 Å². The van der Waals surface area contributed by atoms with Gasteiger partial charge in [-0.3, -0.25) is 4.79 Å². The summed E-state index contributed by atoms with van der Waals surface area (Å²) in [6.45, 7) is 3.22. The van der Waals surface area contributed by atoms with Crippen LogP contribution >= 0.6 is 0 Å². The number of hydrogen-bond donors (Lipinski definition) is 2. The van der Waals surface area contributed by atoms with Crippen molar-refractivity contribution in [3.05, 3.63) is 77.2 Å². The first-order valence-corrected chi connectivity index (χ1v) is 8.93. The average molecular weight is 384 g/mol. The van der Waals surface area contributed by atoms with E-state index in [1.54, 1.807) is 31.2 Å². The van der Waals surface area contributed by atoms with Crippen LogP contribution in [0, 0.1) is 5.82 Å². The van der Waals surface area contributed by atoms with Crippen LogP contribution in [0.4, 0.5) is 10.1 Å². The molecule has 0 spiro atoms. The zero-order chi connectivity index (χ0) is 20.3. The Bertz CT molecular complexity index is 894. The summed E-state index contributed by atoms with van der Waals surface area (Å²) in [7, 11) is 0. The molecule has 0 bridgehead atoms. The van der Waals surface area contributed by atoms with E-state index in [0.29, 0.717) is 11.3 Å². The number of carbonyl (C=O) groups excluding carboxylic acids is 2. The van der Waals surface area contributed by atoms with E-state index in [2.05, 4.69) is 5.32 Å². The van der Waals surface area contributed by atoms with Crippen LogP contribution in [0.1, 0.15) is 25.5 Å². The normalized spacial score (nSPS) is 17.6. The topological polar surface area (TPSA) is 78.9 Å². The van der Waals surface area contributed by atoms with Crippen LogP contribution in [0.25, 0.3) is 0 Å². The number of aliphatic hydroxyl groups excluding tert-OH is 1. The molecule has 28 heavy (non-hydrogen) atoms. The lowest BCUT2D eigenvalue weighted by atomic mass is 9.98. The molecule has 2 aromatic carbocycles. The van der Waals surface area contributed by atoms with Gasteiger partial charge in [-0.05, 0) is 43.7 Å². The van der Waals surface area contributed by atoms with Crippen LogP contribution in [0.2, 0.25) is 0 Å². The quantitative estimate of drug-likeness (QED) is 0.749. The SMILES string of the molecule is CCOC(=O)C1=C(Nc2ccccc2)C(=O)N(C(C)O)C1c1ccc(F)cc1. The van der Waals surface area contributed by atoms with Crippen molar-refractivity contribution in [2.24, 2.45) is 0 Å². The van der Waals surface area contributed by atoms with Crippen molar-refractivity contribution in [1.29, 1.82) is 0 Å². The molecule has 0 saturated carbocycles. The summed E-state index contributed by atoms with van der Waals surface area (Å²) >= 11 is 0. The van der Waals surface area contributed by atoms with Crippen LogP contribution in [-0.4, -0.2) is 34.7 Å². The fourth-order valence-corrected chi connectivity index (χ4v) is 3.20. The molecule has 1 heterocycles. The fraction of sp³-hybridized carbons (Fsp3) is 0.238. The summed E-state index contributed by atoms with van der Waals surface area (Å²) in [5.74, 6) is -1.66. The molecule has 2 aromatic rings. The number of hydrogen-bond acceptors (Lipinski definition) is 5. The lowest BCUT2D eigenvalue weighted by Gasteiger charge is -2.29. The summed E-state index contributed by atoms with van der Waals surface area (Å²) in [6.07, 6.45) is -1.18. The molecule has 2 atom stereocenters. The average Bonchev–Trinajstić information content (AvgIpc) is 2.96. The third kappa shape index (κ3) is 3.75. The predicted molar refractivity (Wildman–Crippen MR) is 101 cm³/mol. The Morgan fingerprint density at radius 3 is 2.43 bits per heavy atom. The number of halogens is 1. The van der Waals surface area contributed by atoms with E-state index in [0.717, 1.165) is 0 Å². The van der Waals surface area contributed by atoms with Crippen LogP contribution in [0.15, 0.2) is 65.9 Å². The number of carbonyl (C=O) groups is 2. The van der Waals surface area contributed by atoms with Crippen LogP contribution in [-0.2, 0) is 14.3 Å². The second kappa shape index (κ2) is 8.22. The Labute approximate surface area is 162 Å². The number of amides is 1. The molecule has 3 rings (SSSR count). The largest absolute Gasteiger partial charge is 0.463 e. The number of nitrogens with one attached hydrogen (secondary N) is 1. The van der Waals surface area contributed by atoms with Gasteiger partial charge in [0.05, 0.1) is 18.2 Å². The van der Waals surface area contributed by atoms with Crippen molar-refractivity contribution < 1.29 is 23.8 Å². The number of anilines is 1. The number of aliphatic hydroxyl groups is 1. The summed E-state index contributed by atoms with van der Waals surface area (Å²) in [5, 5.41) is 13.2. The van der Waals surface area contributed by atoms with Gasteiger partial charge in [-0.15, -0.1) is 0 Å². The monoisotopic (exact) mass is 384 g/mol. The summed E-state index contributed by atoms with van der Waals surface area (Å²) in [4.78, 5) is 27.0. The van der Waals surface area contributed by atoms with Gasteiger partial charge in [0.25, 0.3) is 5.91 Å². The number of ether oxygens (including phenoxy) is 1. The van der Waals surface area contributed by atoms with Gasteiger partial charge < -0.3 is 20.1 Å². The number of para-hydroxylation sites is 1. The van der Waals surface area contributed by atoms with Gasteiger partial charge >= 0.3 is 5.97 Å². The Balaban J connectivity index is 2.15. The highest BCUT2D eigenvalue weighted by atomic mass is 19.1. The third-order valence-electron chi connectivity index (χ3n) is 4.40.